The molecule has 0 saturated carbocycles. The molecule has 1 aliphatic rings. The number of hydrogen-bond acceptors (Lipinski definition) is 4. The second-order valence-corrected chi connectivity index (χ2v) is 5.38. The molecule has 0 N–H and O–H groups in total. The first-order valence-electron chi connectivity index (χ1n) is 7.22. The summed E-state index contributed by atoms with van der Waals surface area (Å²) in [5, 5.41) is 0. The van der Waals surface area contributed by atoms with Crippen LogP contribution in [-0.2, 0) is 20.7 Å². The summed E-state index contributed by atoms with van der Waals surface area (Å²) in [7, 11) is 4.75. The first-order valence-corrected chi connectivity index (χ1v) is 7.22. The van der Waals surface area contributed by atoms with Crippen molar-refractivity contribution in [1.82, 2.24) is 4.90 Å². The molecule has 1 aromatic carbocycles. The van der Waals surface area contributed by atoms with Gasteiger partial charge in [-0.15, -0.1) is 0 Å². The van der Waals surface area contributed by atoms with Gasteiger partial charge in [0.1, 0.15) is 11.6 Å². The highest BCUT2D eigenvalue weighted by Gasteiger charge is 2.35. The van der Waals surface area contributed by atoms with E-state index in [1.54, 1.807) is 19.1 Å². The zero-order valence-electron chi connectivity index (χ0n) is 13.2. The molecule has 0 aromatic heterocycles. The van der Waals surface area contributed by atoms with Crippen molar-refractivity contribution in [2.45, 2.75) is 25.0 Å². The van der Waals surface area contributed by atoms with E-state index in [2.05, 4.69) is 0 Å². The van der Waals surface area contributed by atoms with Crippen LogP contribution in [0.1, 0.15) is 12.0 Å². The van der Waals surface area contributed by atoms with Gasteiger partial charge in [0.05, 0.1) is 32.3 Å². The lowest BCUT2D eigenvalue weighted by molar-refractivity contribution is -0.132. The normalized spacial score (nSPS) is 21.2. The van der Waals surface area contributed by atoms with Crippen LogP contribution in [0.4, 0.5) is 4.39 Å². The third-order valence-corrected chi connectivity index (χ3v) is 3.97. The summed E-state index contributed by atoms with van der Waals surface area (Å²) in [6, 6.07) is 4.18. The number of methoxy groups -OCH3 is 3. The molecule has 1 fully saturated rings. The SMILES string of the molecule is COC[C@@H]1C[C@@H](OC)CN1C(=O)Cc1cc(F)ccc1OC. The van der Waals surface area contributed by atoms with Crippen LogP contribution >= 0.6 is 0 Å². The molecule has 1 heterocycles. The van der Waals surface area contributed by atoms with Crippen molar-refractivity contribution in [3.8, 4) is 5.75 Å². The summed E-state index contributed by atoms with van der Waals surface area (Å²) in [4.78, 5) is 14.3. The number of halogens is 1. The second kappa shape index (κ2) is 7.56. The van der Waals surface area contributed by atoms with Crippen molar-refractivity contribution in [3.63, 3.8) is 0 Å². The van der Waals surface area contributed by atoms with E-state index in [0.717, 1.165) is 6.42 Å². The third kappa shape index (κ3) is 3.75. The minimum absolute atomic E-state index is 0.0120. The van der Waals surface area contributed by atoms with Crippen molar-refractivity contribution >= 4 is 5.91 Å². The summed E-state index contributed by atoms with van der Waals surface area (Å²) < 4.78 is 29.1. The number of carbonyl (C=O) groups is 1. The largest absolute Gasteiger partial charge is 0.496 e. The molecule has 0 bridgehead atoms. The molecule has 1 amide bonds. The van der Waals surface area contributed by atoms with Gasteiger partial charge in [-0.3, -0.25) is 4.79 Å². The molecule has 0 radical (unpaired) electrons. The molecule has 22 heavy (non-hydrogen) atoms. The lowest BCUT2D eigenvalue weighted by Gasteiger charge is -2.24. The summed E-state index contributed by atoms with van der Waals surface area (Å²) in [5.74, 6) is 0.0549. The van der Waals surface area contributed by atoms with Gasteiger partial charge in [0.25, 0.3) is 0 Å². The average Bonchev–Trinajstić information content (AvgIpc) is 2.91. The zero-order chi connectivity index (χ0) is 16.1. The second-order valence-electron chi connectivity index (χ2n) is 5.38. The molecule has 122 valence electrons. The number of ether oxygens (including phenoxy) is 3. The highest BCUT2D eigenvalue weighted by atomic mass is 19.1. The van der Waals surface area contributed by atoms with E-state index in [-0.39, 0.29) is 30.3 Å². The molecule has 6 heteroatoms. The number of nitrogens with zero attached hydrogens (tertiary/aromatic N) is 1. The summed E-state index contributed by atoms with van der Waals surface area (Å²) in [6.07, 6.45) is 0.854. The van der Waals surface area contributed by atoms with Crippen molar-refractivity contribution in [2.75, 3.05) is 34.5 Å². The van der Waals surface area contributed by atoms with Crippen LogP contribution in [0.3, 0.4) is 0 Å². The maximum Gasteiger partial charge on any atom is 0.227 e. The van der Waals surface area contributed by atoms with Gasteiger partial charge in [0.15, 0.2) is 0 Å². The predicted molar refractivity (Wildman–Crippen MR) is 79.4 cm³/mol. The Balaban J connectivity index is 2.12. The number of benzene rings is 1. The van der Waals surface area contributed by atoms with Gasteiger partial charge < -0.3 is 19.1 Å². The Kier molecular flexibility index (Phi) is 5.74. The molecule has 1 aliphatic heterocycles. The predicted octanol–water partition coefficient (Wildman–Crippen LogP) is 1.64. The van der Waals surface area contributed by atoms with E-state index in [1.807, 2.05) is 0 Å². The summed E-state index contributed by atoms with van der Waals surface area (Å²) >= 11 is 0. The van der Waals surface area contributed by atoms with Crippen LogP contribution in [0.25, 0.3) is 0 Å². The first-order chi connectivity index (χ1) is 10.6. The Hall–Kier alpha value is -1.66. The van der Waals surface area contributed by atoms with Gasteiger partial charge in [0.2, 0.25) is 5.91 Å². The van der Waals surface area contributed by atoms with Crippen molar-refractivity contribution < 1.29 is 23.4 Å². The molecular formula is C16H22FNO4. The summed E-state index contributed by atoms with van der Waals surface area (Å²) in [5.41, 5.74) is 0.546. The van der Waals surface area contributed by atoms with Crippen LogP contribution in [0.15, 0.2) is 18.2 Å². The molecule has 1 aromatic rings. The zero-order valence-corrected chi connectivity index (χ0v) is 13.2. The molecule has 1 saturated heterocycles. The van der Waals surface area contributed by atoms with Crippen LogP contribution in [0.2, 0.25) is 0 Å². The topological polar surface area (TPSA) is 48.0 Å². The highest BCUT2D eigenvalue weighted by Crippen LogP contribution is 2.24. The molecule has 5 nitrogen and oxygen atoms in total. The minimum atomic E-state index is -0.381. The Morgan fingerprint density at radius 3 is 2.77 bits per heavy atom. The van der Waals surface area contributed by atoms with Crippen LogP contribution < -0.4 is 4.74 Å². The van der Waals surface area contributed by atoms with Crippen LogP contribution in [0.5, 0.6) is 5.75 Å². The van der Waals surface area contributed by atoms with E-state index in [1.165, 1.54) is 25.3 Å². The van der Waals surface area contributed by atoms with Crippen molar-refractivity contribution in [3.05, 3.63) is 29.6 Å². The standard InChI is InChI=1S/C16H22FNO4/c1-20-10-13-8-14(21-2)9-18(13)16(19)7-11-6-12(17)4-5-15(11)22-3/h4-6,13-14H,7-10H2,1-3H3/t13-,14+/m0/s1. The Bertz CT molecular complexity index is 523. The van der Waals surface area contributed by atoms with Gasteiger partial charge in [-0.1, -0.05) is 0 Å². The van der Waals surface area contributed by atoms with Crippen molar-refractivity contribution in [2.24, 2.45) is 0 Å². The fourth-order valence-corrected chi connectivity index (χ4v) is 2.85. The van der Waals surface area contributed by atoms with E-state index < -0.39 is 0 Å². The number of amides is 1. The number of carbonyl (C=O) groups excluding carboxylic acids is 1. The van der Waals surface area contributed by atoms with Crippen LogP contribution in [0, 0.1) is 5.82 Å². The highest BCUT2D eigenvalue weighted by molar-refractivity contribution is 5.80. The van der Waals surface area contributed by atoms with E-state index >= 15 is 0 Å². The quantitative estimate of drug-likeness (QED) is 0.801. The lowest BCUT2D eigenvalue weighted by Crippen LogP contribution is -2.39. The molecule has 0 spiro atoms. The molecule has 0 aliphatic carbocycles. The van der Waals surface area contributed by atoms with Crippen LogP contribution in [-0.4, -0.2) is 57.4 Å². The summed E-state index contributed by atoms with van der Waals surface area (Å²) in [6.45, 7) is 0.993. The van der Waals surface area contributed by atoms with Crippen molar-refractivity contribution in [1.29, 1.82) is 0 Å². The fourth-order valence-electron chi connectivity index (χ4n) is 2.85. The van der Waals surface area contributed by atoms with Gasteiger partial charge in [-0.05, 0) is 24.6 Å². The molecular weight excluding hydrogens is 289 g/mol. The van der Waals surface area contributed by atoms with E-state index in [4.69, 9.17) is 14.2 Å². The number of likely N-dealkylation sites (tertiary alicyclic amines) is 1. The Labute approximate surface area is 130 Å². The molecule has 2 atom stereocenters. The number of hydrogen-bond donors (Lipinski definition) is 0. The fraction of sp³-hybridized carbons (Fsp3) is 0.562. The minimum Gasteiger partial charge on any atom is -0.496 e. The average molecular weight is 311 g/mol. The number of rotatable bonds is 6. The maximum atomic E-state index is 13.4. The third-order valence-electron chi connectivity index (χ3n) is 3.97. The molecule has 0 unspecified atom stereocenters. The van der Waals surface area contributed by atoms with Gasteiger partial charge in [-0.2, -0.15) is 0 Å². The van der Waals surface area contributed by atoms with Gasteiger partial charge in [-0.25, -0.2) is 4.39 Å². The Morgan fingerprint density at radius 2 is 2.14 bits per heavy atom. The van der Waals surface area contributed by atoms with E-state index in [0.29, 0.717) is 24.5 Å². The maximum absolute atomic E-state index is 13.4. The van der Waals surface area contributed by atoms with Gasteiger partial charge in [0, 0.05) is 26.3 Å². The first kappa shape index (κ1) is 16.7. The lowest BCUT2D eigenvalue weighted by atomic mass is 10.1. The van der Waals surface area contributed by atoms with E-state index in [9.17, 15) is 9.18 Å². The molecule has 2 rings (SSSR count). The monoisotopic (exact) mass is 311 g/mol. The smallest absolute Gasteiger partial charge is 0.227 e. The Morgan fingerprint density at radius 1 is 1.36 bits per heavy atom. The van der Waals surface area contributed by atoms with Gasteiger partial charge >= 0.3 is 0 Å².